The summed E-state index contributed by atoms with van der Waals surface area (Å²) in [5.41, 5.74) is 0.887. The van der Waals surface area contributed by atoms with Gasteiger partial charge in [0, 0.05) is 19.1 Å². The van der Waals surface area contributed by atoms with E-state index in [1.54, 1.807) is 24.3 Å². The van der Waals surface area contributed by atoms with E-state index in [2.05, 4.69) is 0 Å². The Balaban J connectivity index is 1.49. The number of rotatable bonds is 4. The molecule has 2 aliphatic heterocycles. The van der Waals surface area contributed by atoms with Gasteiger partial charge < -0.3 is 5.11 Å². The lowest BCUT2D eigenvalue weighted by molar-refractivity contribution is -0.142. The number of carboxylic acids is 1. The number of likely N-dealkylation sites (tertiary alicyclic amines) is 1. The fourth-order valence-electron chi connectivity index (χ4n) is 4.77. The van der Waals surface area contributed by atoms with Crippen LogP contribution in [-0.2, 0) is 4.79 Å². The average molecular weight is 342 g/mol. The number of carbonyl (C=O) groups is 3. The van der Waals surface area contributed by atoms with Crippen LogP contribution in [0.15, 0.2) is 24.3 Å². The van der Waals surface area contributed by atoms with Crippen LogP contribution in [0, 0.1) is 5.92 Å². The molecule has 3 aliphatic rings. The number of fused-ring (bicyclic) bond motifs is 2. The highest BCUT2D eigenvalue weighted by molar-refractivity contribution is 6.21. The van der Waals surface area contributed by atoms with E-state index in [0.717, 1.165) is 19.3 Å². The molecule has 0 aromatic heterocycles. The van der Waals surface area contributed by atoms with Crippen molar-refractivity contribution in [3.05, 3.63) is 35.4 Å². The minimum atomic E-state index is -0.795. The molecule has 3 unspecified atom stereocenters. The van der Waals surface area contributed by atoms with E-state index in [4.69, 9.17) is 0 Å². The van der Waals surface area contributed by atoms with Crippen LogP contribution in [0.2, 0.25) is 0 Å². The number of carbonyl (C=O) groups excluding carboxylic acids is 2. The van der Waals surface area contributed by atoms with Crippen molar-refractivity contribution < 1.29 is 19.5 Å². The first-order chi connectivity index (χ1) is 12.1. The Labute approximate surface area is 146 Å². The molecule has 2 amide bonds. The van der Waals surface area contributed by atoms with Crippen LogP contribution < -0.4 is 0 Å². The van der Waals surface area contributed by atoms with Gasteiger partial charge in [-0.15, -0.1) is 0 Å². The third-order valence-electron chi connectivity index (χ3n) is 5.97. The Morgan fingerprint density at radius 2 is 1.68 bits per heavy atom. The van der Waals surface area contributed by atoms with E-state index in [9.17, 15) is 19.5 Å². The Bertz CT molecular complexity index is 697. The summed E-state index contributed by atoms with van der Waals surface area (Å²) in [6.45, 7) is 0.683. The van der Waals surface area contributed by atoms with E-state index < -0.39 is 12.0 Å². The van der Waals surface area contributed by atoms with Crippen LogP contribution in [0.4, 0.5) is 0 Å². The van der Waals surface area contributed by atoms with Crippen LogP contribution >= 0.6 is 0 Å². The Morgan fingerprint density at radius 3 is 2.32 bits per heavy atom. The van der Waals surface area contributed by atoms with Crippen LogP contribution in [0.25, 0.3) is 0 Å². The zero-order valence-corrected chi connectivity index (χ0v) is 14.1. The second kappa shape index (κ2) is 6.26. The molecule has 1 N–H and O–H groups in total. The number of hydrogen-bond acceptors (Lipinski definition) is 4. The Kier molecular flexibility index (Phi) is 4.07. The summed E-state index contributed by atoms with van der Waals surface area (Å²) in [5, 5.41) is 9.58. The first kappa shape index (κ1) is 16.3. The highest BCUT2D eigenvalue weighted by Crippen LogP contribution is 2.39. The molecule has 2 heterocycles. The first-order valence-electron chi connectivity index (χ1n) is 9.01. The first-order valence-corrected chi connectivity index (χ1v) is 9.01. The van der Waals surface area contributed by atoms with E-state index in [-0.39, 0.29) is 24.4 Å². The molecule has 0 bridgehead atoms. The monoisotopic (exact) mass is 342 g/mol. The minimum Gasteiger partial charge on any atom is -0.480 e. The SMILES string of the molecule is O=C(O)C1CC2CCCCC2N1CCN1C(=O)c2ccccc2C1=O. The van der Waals surface area contributed by atoms with E-state index in [1.807, 2.05) is 4.90 Å². The number of imide groups is 1. The quantitative estimate of drug-likeness (QED) is 0.847. The number of benzene rings is 1. The molecule has 4 rings (SSSR count). The molecule has 1 aromatic carbocycles. The molecule has 3 atom stereocenters. The molecule has 6 nitrogen and oxygen atoms in total. The predicted octanol–water partition coefficient (Wildman–Crippen LogP) is 2.00. The molecule has 1 saturated heterocycles. The lowest BCUT2D eigenvalue weighted by Crippen LogP contribution is -2.47. The van der Waals surface area contributed by atoms with Crippen molar-refractivity contribution in [1.82, 2.24) is 9.80 Å². The van der Waals surface area contributed by atoms with Crippen LogP contribution in [-0.4, -0.2) is 57.9 Å². The summed E-state index contributed by atoms with van der Waals surface area (Å²) in [6, 6.07) is 6.61. The van der Waals surface area contributed by atoms with E-state index in [1.165, 1.54) is 11.3 Å². The molecule has 0 spiro atoms. The maximum atomic E-state index is 12.5. The zero-order chi connectivity index (χ0) is 17.6. The topological polar surface area (TPSA) is 77.9 Å². The molecule has 6 heteroatoms. The molecule has 132 valence electrons. The fourth-order valence-corrected chi connectivity index (χ4v) is 4.77. The van der Waals surface area contributed by atoms with Gasteiger partial charge in [0.1, 0.15) is 6.04 Å². The molecule has 0 radical (unpaired) electrons. The summed E-state index contributed by atoms with van der Waals surface area (Å²) < 4.78 is 0. The maximum Gasteiger partial charge on any atom is 0.320 e. The number of aliphatic carboxylic acids is 1. The third kappa shape index (κ3) is 2.65. The summed E-state index contributed by atoms with van der Waals surface area (Å²) in [5.74, 6) is -0.910. The predicted molar refractivity (Wildman–Crippen MR) is 90.3 cm³/mol. The second-order valence-corrected chi connectivity index (χ2v) is 7.25. The van der Waals surface area contributed by atoms with Gasteiger partial charge in [-0.05, 0) is 37.3 Å². The highest BCUT2D eigenvalue weighted by Gasteiger charge is 2.45. The molecule has 1 aliphatic carbocycles. The van der Waals surface area contributed by atoms with Gasteiger partial charge in [0.05, 0.1) is 11.1 Å². The van der Waals surface area contributed by atoms with Gasteiger partial charge in [-0.3, -0.25) is 24.2 Å². The van der Waals surface area contributed by atoms with E-state index in [0.29, 0.717) is 30.0 Å². The Morgan fingerprint density at radius 1 is 1.04 bits per heavy atom. The number of amides is 2. The summed E-state index contributed by atoms with van der Waals surface area (Å²) in [4.78, 5) is 39.9. The Hall–Kier alpha value is -2.21. The minimum absolute atomic E-state index is 0.249. The van der Waals surface area contributed by atoms with Crippen molar-refractivity contribution in [3.8, 4) is 0 Å². The van der Waals surface area contributed by atoms with Crippen LogP contribution in [0.1, 0.15) is 52.8 Å². The molecule has 25 heavy (non-hydrogen) atoms. The van der Waals surface area contributed by atoms with Gasteiger partial charge in [0.2, 0.25) is 0 Å². The van der Waals surface area contributed by atoms with Gasteiger partial charge >= 0.3 is 5.97 Å². The lowest BCUT2D eigenvalue weighted by Gasteiger charge is -2.33. The van der Waals surface area contributed by atoms with Gasteiger partial charge in [-0.1, -0.05) is 25.0 Å². The second-order valence-electron chi connectivity index (χ2n) is 7.25. The van der Waals surface area contributed by atoms with Gasteiger partial charge in [-0.25, -0.2) is 0 Å². The third-order valence-corrected chi connectivity index (χ3v) is 5.97. The average Bonchev–Trinajstić information content (AvgIpc) is 3.11. The van der Waals surface area contributed by atoms with E-state index >= 15 is 0 Å². The number of nitrogens with zero attached hydrogens (tertiary/aromatic N) is 2. The van der Waals surface area contributed by atoms with Crippen LogP contribution in [0.5, 0.6) is 0 Å². The van der Waals surface area contributed by atoms with Gasteiger partial charge in [0.25, 0.3) is 11.8 Å². The van der Waals surface area contributed by atoms with Crippen molar-refractivity contribution >= 4 is 17.8 Å². The summed E-state index contributed by atoms with van der Waals surface area (Å²) in [7, 11) is 0. The van der Waals surface area contributed by atoms with Gasteiger partial charge in [0.15, 0.2) is 0 Å². The standard InChI is InChI=1S/C19H22N2O4/c22-17-13-6-2-3-7-14(13)18(23)21(17)10-9-20-15-8-4-1-5-12(15)11-16(20)19(24)25/h2-3,6-7,12,15-16H,1,4-5,8-11H2,(H,24,25). The van der Waals surface area contributed by atoms with Crippen molar-refractivity contribution in [2.75, 3.05) is 13.1 Å². The van der Waals surface area contributed by atoms with Gasteiger partial charge in [-0.2, -0.15) is 0 Å². The van der Waals surface area contributed by atoms with Crippen molar-refractivity contribution in [3.63, 3.8) is 0 Å². The van der Waals surface area contributed by atoms with Crippen molar-refractivity contribution in [2.24, 2.45) is 5.92 Å². The number of hydrogen-bond donors (Lipinski definition) is 1. The molecule has 1 saturated carbocycles. The molecule has 1 aromatic rings. The maximum absolute atomic E-state index is 12.5. The zero-order valence-electron chi connectivity index (χ0n) is 14.1. The summed E-state index contributed by atoms with van der Waals surface area (Å²) >= 11 is 0. The fraction of sp³-hybridized carbons (Fsp3) is 0.526. The molecular weight excluding hydrogens is 320 g/mol. The number of carboxylic acid groups (broad SMARTS) is 1. The normalized spacial score (nSPS) is 29.0. The smallest absolute Gasteiger partial charge is 0.320 e. The molecular formula is C19H22N2O4. The van der Waals surface area contributed by atoms with Crippen LogP contribution in [0.3, 0.4) is 0 Å². The van der Waals surface area contributed by atoms with Crippen molar-refractivity contribution in [2.45, 2.75) is 44.2 Å². The summed E-state index contributed by atoms with van der Waals surface area (Å²) in [6.07, 6.45) is 5.06. The lowest BCUT2D eigenvalue weighted by atomic mass is 9.85. The molecule has 2 fully saturated rings. The van der Waals surface area contributed by atoms with Crippen molar-refractivity contribution in [1.29, 1.82) is 0 Å². The largest absolute Gasteiger partial charge is 0.480 e. The highest BCUT2D eigenvalue weighted by atomic mass is 16.4.